The fourth-order valence-electron chi connectivity index (χ4n) is 4.50. The molecule has 30 heavy (non-hydrogen) atoms. The first kappa shape index (κ1) is 17.7. The minimum Gasteiger partial charge on any atom is -0.401 e. The number of anilines is 1. The van der Waals surface area contributed by atoms with Crippen molar-refractivity contribution < 1.29 is 9.23 Å². The highest BCUT2D eigenvalue weighted by Gasteiger charge is 2.46. The van der Waals surface area contributed by atoms with Crippen molar-refractivity contribution in [1.82, 2.24) is 9.30 Å². The predicted molar refractivity (Wildman–Crippen MR) is 111 cm³/mol. The van der Waals surface area contributed by atoms with Crippen LogP contribution in [0, 0.1) is 24.1 Å². The summed E-state index contributed by atoms with van der Waals surface area (Å²) < 4.78 is 17.4. The average molecular weight is 406 g/mol. The first-order valence-corrected chi connectivity index (χ1v) is 10.4. The van der Waals surface area contributed by atoms with Crippen molar-refractivity contribution in [2.75, 3.05) is 18.0 Å². The highest BCUT2D eigenvalue weighted by atomic mass is 19.1. The van der Waals surface area contributed by atoms with Crippen LogP contribution in [0.2, 0.25) is 0 Å². The van der Waals surface area contributed by atoms with Gasteiger partial charge in [0.2, 0.25) is 0 Å². The van der Waals surface area contributed by atoms with Crippen LogP contribution in [0.1, 0.15) is 24.4 Å². The largest absolute Gasteiger partial charge is 0.401 e. The lowest BCUT2D eigenvalue weighted by Crippen LogP contribution is -2.43. The maximum Gasteiger partial charge on any atom is 0.365 e. The van der Waals surface area contributed by atoms with E-state index in [1.54, 1.807) is 10.6 Å². The molecule has 2 saturated carbocycles. The van der Waals surface area contributed by atoms with Crippen LogP contribution in [0.15, 0.2) is 52.1 Å². The number of benzene rings is 2. The summed E-state index contributed by atoms with van der Waals surface area (Å²) in [5, 5.41) is 0.173. The van der Waals surface area contributed by atoms with Gasteiger partial charge in [-0.25, -0.2) is 9.18 Å². The van der Waals surface area contributed by atoms with E-state index in [9.17, 15) is 14.0 Å². The normalized spacial score (nSPS) is 22.4. The smallest absolute Gasteiger partial charge is 0.365 e. The lowest BCUT2D eigenvalue weighted by molar-refractivity contribution is 0.0773. The lowest BCUT2D eigenvalue weighted by Gasteiger charge is -2.22. The van der Waals surface area contributed by atoms with Crippen LogP contribution >= 0.6 is 0 Å². The molecule has 0 bridgehead atoms. The zero-order chi connectivity index (χ0) is 20.4. The number of halogens is 1. The Kier molecular flexibility index (Phi) is 3.82. The number of nitrogens with zero attached hydrogens (tertiary/aromatic N) is 3. The minimum atomic E-state index is -0.620. The summed E-state index contributed by atoms with van der Waals surface area (Å²) in [6, 6.07) is 12.3. The maximum absolute atomic E-state index is 15.0. The van der Waals surface area contributed by atoms with Crippen LogP contribution in [-0.4, -0.2) is 22.4 Å². The van der Waals surface area contributed by atoms with E-state index in [0.717, 1.165) is 36.2 Å². The molecule has 0 amide bonds. The topological polar surface area (TPSA) is 56.5 Å². The molecule has 2 atom stereocenters. The van der Waals surface area contributed by atoms with Gasteiger partial charge in [0.1, 0.15) is 12.4 Å². The molecule has 1 radical (unpaired) electrons. The van der Waals surface area contributed by atoms with Crippen LogP contribution in [0.4, 0.5) is 10.1 Å². The van der Waals surface area contributed by atoms with Crippen molar-refractivity contribution in [1.29, 1.82) is 0 Å². The number of piperidine rings is 1. The summed E-state index contributed by atoms with van der Waals surface area (Å²) >= 11 is 0. The third kappa shape index (κ3) is 2.83. The second-order valence-corrected chi connectivity index (χ2v) is 8.49. The molecular weight excluding hydrogens is 385 g/mol. The maximum atomic E-state index is 15.0. The van der Waals surface area contributed by atoms with Crippen molar-refractivity contribution in [3.05, 3.63) is 81.1 Å². The minimum absolute atomic E-state index is 0.0193. The van der Waals surface area contributed by atoms with Gasteiger partial charge >= 0.3 is 5.69 Å². The molecule has 0 N–H and O–H groups in total. The molecule has 6 rings (SSSR count). The van der Waals surface area contributed by atoms with Gasteiger partial charge in [0.05, 0.1) is 16.6 Å². The highest BCUT2D eigenvalue weighted by Crippen LogP contribution is 2.46. The van der Waals surface area contributed by atoms with E-state index in [2.05, 4.69) is 6.42 Å². The third-order valence-electron chi connectivity index (χ3n) is 6.34. The van der Waals surface area contributed by atoms with E-state index < -0.39 is 17.1 Å². The van der Waals surface area contributed by atoms with Crippen LogP contribution in [-0.2, 0) is 6.61 Å². The molecule has 2 heterocycles. The van der Waals surface area contributed by atoms with E-state index in [1.165, 1.54) is 6.07 Å². The summed E-state index contributed by atoms with van der Waals surface area (Å²) in [6.45, 7) is 1.66. The monoisotopic (exact) mass is 406 g/mol. The van der Waals surface area contributed by atoms with E-state index in [4.69, 9.17) is 4.84 Å². The summed E-state index contributed by atoms with van der Waals surface area (Å²) in [5.41, 5.74) is 0.687. The Morgan fingerprint density at radius 1 is 1.03 bits per heavy atom. The van der Waals surface area contributed by atoms with Gasteiger partial charge < -0.3 is 9.74 Å². The highest BCUT2D eigenvalue weighted by molar-refractivity contribution is 5.83. The molecule has 1 saturated heterocycles. The van der Waals surface area contributed by atoms with Gasteiger partial charge in [0.25, 0.3) is 5.56 Å². The van der Waals surface area contributed by atoms with Gasteiger partial charge in [-0.3, -0.25) is 9.36 Å². The first-order chi connectivity index (χ1) is 14.6. The van der Waals surface area contributed by atoms with Crippen molar-refractivity contribution in [2.45, 2.75) is 25.5 Å². The Morgan fingerprint density at radius 2 is 1.77 bits per heavy atom. The predicted octanol–water partition coefficient (Wildman–Crippen LogP) is 2.54. The number of hydrogen-bond acceptors (Lipinski definition) is 4. The number of hydrogen-bond donors (Lipinski definition) is 0. The Balaban J connectivity index is 1.46. The third-order valence-corrected chi connectivity index (χ3v) is 6.34. The zero-order valence-corrected chi connectivity index (χ0v) is 16.3. The summed E-state index contributed by atoms with van der Waals surface area (Å²) in [5.74, 6) is 0.631. The summed E-state index contributed by atoms with van der Waals surface area (Å²) in [7, 11) is 0. The number of fused-ring (bicyclic) bond motifs is 2. The van der Waals surface area contributed by atoms with Gasteiger partial charge in [-0.1, -0.05) is 35.1 Å². The lowest BCUT2D eigenvalue weighted by atomic mass is 10.2. The van der Waals surface area contributed by atoms with Gasteiger partial charge in [-0.15, -0.1) is 0 Å². The van der Waals surface area contributed by atoms with Crippen LogP contribution in [0.3, 0.4) is 0 Å². The standard InChI is InChI=1S/C23H21FN3O3/c24-19-9-18-20(10-21(19)25-11-15-8-16(15)12-25)26(17-6-7-17)23(29)27(22(18)28)30-13-14-4-2-1-3-5-14/h1-5,8-10,15-17H,6-7,11-13H2. The van der Waals surface area contributed by atoms with E-state index in [-0.39, 0.29) is 18.0 Å². The van der Waals surface area contributed by atoms with Crippen LogP contribution < -0.4 is 21.0 Å². The number of aromatic nitrogens is 2. The Bertz CT molecular complexity index is 1250. The fourth-order valence-corrected chi connectivity index (χ4v) is 4.50. The molecule has 1 aliphatic heterocycles. The van der Waals surface area contributed by atoms with Crippen molar-refractivity contribution in [2.24, 2.45) is 11.8 Å². The number of rotatable bonds is 5. The molecule has 153 valence electrons. The van der Waals surface area contributed by atoms with E-state index in [1.807, 2.05) is 35.2 Å². The SMILES string of the molecule is O=c1c2cc(F)c(N3CC4[CH]C4C3)cc2n(C2CC2)c(=O)n1OCc1ccccc1. The Morgan fingerprint density at radius 3 is 2.47 bits per heavy atom. The van der Waals surface area contributed by atoms with Gasteiger partial charge in [-0.05, 0) is 48.8 Å². The Hall–Kier alpha value is -3.09. The van der Waals surface area contributed by atoms with E-state index >= 15 is 0 Å². The molecule has 3 aliphatic rings. The molecule has 2 aliphatic carbocycles. The van der Waals surface area contributed by atoms with Crippen LogP contribution in [0.5, 0.6) is 0 Å². The molecule has 6 nitrogen and oxygen atoms in total. The second kappa shape index (κ2) is 6.45. The van der Waals surface area contributed by atoms with Crippen molar-refractivity contribution >= 4 is 16.6 Å². The fraction of sp³-hybridized carbons (Fsp3) is 0.348. The first-order valence-electron chi connectivity index (χ1n) is 10.4. The van der Waals surface area contributed by atoms with Gasteiger partial charge in [-0.2, -0.15) is 0 Å². The summed E-state index contributed by atoms with van der Waals surface area (Å²) in [6.07, 6.45) is 4.00. The zero-order valence-electron chi connectivity index (χ0n) is 16.3. The Labute approximate surface area is 172 Å². The molecular formula is C23H21FN3O3. The quantitative estimate of drug-likeness (QED) is 0.654. The molecule has 0 spiro atoms. The molecule has 3 fully saturated rings. The molecule has 3 aromatic rings. The molecule has 2 unspecified atom stereocenters. The second-order valence-electron chi connectivity index (χ2n) is 8.49. The van der Waals surface area contributed by atoms with Crippen molar-refractivity contribution in [3.8, 4) is 0 Å². The van der Waals surface area contributed by atoms with E-state index in [0.29, 0.717) is 23.0 Å². The molecule has 7 heteroatoms. The summed E-state index contributed by atoms with van der Waals surface area (Å²) in [4.78, 5) is 33.8. The molecule has 2 aromatic carbocycles. The average Bonchev–Trinajstić information content (AvgIpc) is 3.68. The molecule has 1 aromatic heterocycles. The van der Waals surface area contributed by atoms with Gasteiger partial charge in [0.15, 0.2) is 0 Å². The van der Waals surface area contributed by atoms with Crippen LogP contribution in [0.25, 0.3) is 10.9 Å². The van der Waals surface area contributed by atoms with Gasteiger partial charge in [0, 0.05) is 19.1 Å². The van der Waals surface area contributed by atoms with Crippen molar-refractivity contribution in [3.63, 3.8) is 0 Å².